The van der Waals surface area contributed by atoms with Crippen LogP contribution in [0, 0.1) is 6.92 Å². The SMILES string of the molecule is Cc1occc1-c1nnc(S[C@H](C)C(=O)NC[C@H]2CCCO2)n1C. The van der Waals surface area contributed by atoms with Crippen LogP contribution in [-0.4, -0.2) is 45.2 Å². The molecule has 130 valence electrons. The zero-order chi connectivity index (χ0) is 17.1. The number of aromatic nitrogens is 3. The molecule has 0 aromatic carbocycles. The molecule has 0 unspecified atom stereocenters. The normalized spacial score (nSPS) is 18.7. The first-order chi connectivity index (χ1) is 11.6. The quantitative estimate of drug-likeness (QED) is 0.804. The second-order valence-corrected chi connectivity index (χ2v) is 7.20. The third-order valence-corrected chi connectivity index (χ3v) is 5.25. The van der Waals surface area contributed by atoms with Crippen molar-refractivity contribution in [2.24, 2.45) is 7.05 Å². The van der Waals surface area contributed by atoms with Gasteiger partial charge in [-0.2, -0.15) is 0 Å². The molecule has 8 heteroatoms. The summed E-state index contributed by atoms with van der Waals surface area (Å²) in [7, 11) is 1.89. The molecule has 1 N–H and O–H groups in total. The molecule has 2 aromatic rings. The first kappa shape index (κ1) is 17.0. The molecule has 3 rings (SSSR count). The van der Waals surface area contributed by atoms with Crippen molar-refractivity contribution in [2.75, 3.05) is 13.2 Å². The lowest BCUT2D eigenvalue weighted by atomic mass is 10.2. The number of hydrogen-bond donors (Lipinski definition) is 1. The number of thioether (sulfide) groups is 1. The Balaban J connectivity index is 1.60. The van der Waals surface area contributed by atoms with Gasteiger partial charge in [0.15, 0.2) is 11.0 Å². The molecule has 1 aliphatic heterocycles. The van der Waals surface area contributed by atoms with E-state index in [2.05, 4.69) is 15.5 Å². The third-order valence-electron chi connectivity index (χ3n) is 4.11. The predicted molar refractivity (Wildman–Crippen MR) is 90.7 cm³/mol. The number of aryl methyl sites for hydroxylation is 1. The highest BCUT2D eigenvalue weighted by molar-refractivity contribution is 8.00. The molecular formula is C16H22N4O3S. The highest BCUT2D eigenvalue weighted by Gasteiger charge is 2.22. The predicted octanol–water partition coefficient (Wildman–Crippen LogP) is 2.16. The number of furan rings is 1. The molecule has 3 heterocycles. The molecule has 0 saturated carbocycles. The average Bonchev–Trinajstić information content (AvgIpc) is 3.29. The van der Waals surface area contributed by atoms with Crippen LogP contribution in [0.4, 0.5) is 0 Å². The standard InChI is InChI=1S/C16H22N4O3S/c1-10-13(6-8-22-10)14-18-19-16(20(14)3)24-11(2)15(21)17-9-12-5-4-7-23-12/h6,8,11-12H,4-5,7,9H2,1-3H3,(H,17,21)/t11-,12-/m1/s1. The van der Waals surface area contributed by atoms with Gasteiger partial charge in [-0.15, -0.1) is 10.2 Å². The molecule has 1 aliphatic rings. The van der Waals surface area contributed by atoms with Crippen LogP contribution < -0.4 is 5.32 Å². The topological polar surface area (TPSA) is 82.2 Å². The number of hydrogen-bond acceptors (Lipinski definition) is 6. The van der Waals surface area contributed by atoms with Crippen molar-refractivity contribution in [1.29, 1.82) is 0 Å². The molecule has 0 spiro atoms. The van der Waals surface area contributed by atoms with Gasteiger partial charge in [0.2, 0.25) is 5.91 Å². The lowest BCUT2D eigenvalue weighted by Crippen LogP contribution is -2.36. The molecule has 24 heavy (non-hydrogen) atoms. The maximum atomic E-state index is 12.2. The van der Waals surface area contributed by atoms with Crippen LogP contribution in [0.1, 0.15) is 25.5 Å². The van der Waals surface area contributed by atoms with Gasteiger partial charge in [-0.05, 0) is 32.8 Å². The Morgan fingerprint density at radius 2 is 2.38 bits per heavy atom. The van der Waals surface area contributed by atoms with Crippen molar-refractivity contribution >= 4 is 17.7 Å². The van der Waals surface area contributed by atoms with E-state index in [1.165, 1.54) is 11.8 Å². The Kier molecular flexibility index (Phi) is 5.25. The van der Waals surface area contributed by atoms with Gasteiger partial charge in [-0.3, -0.25) is 4.79 Å². The lowest BCUT2D eigenvalue weighted by molar-refractivity contribution is -0.120. The van der Waals surface area contributed by atoms with E-state index in [1.807, 2.05) is 31.5 Å². The van der Waals surface area contributed by atoms with Gasteiger partial charge in [0.25, 0.3) is 0 Å². The molecule has 2 atom stereocenters. The van der Waals surface area contributed by atoms with E-state index >= 15 is 0 Å². The van der Waals surface area contributed by atoms with Crippen LogP contribution in [0.25, 0.3) is 11.4 Å². The molecule has 0 aliphatic carbocycles. The second-order valence-electron chi connectivity index (χ2n) is 5.90. The molecule has 0 radical (unpaired) electrons. The van der Waals surface area contributed by atoms with Crippen molar-refractivity contribution in [3.63, 3.8) is 0 Å². The molecule has 7 nitrogen and oxygen atoms in total. The summed E-state index contributed by atoms with van der Waals surface area (Å²) in [5.41, 5.74) is 0.910. The molecule has 1 amide bonds. The molecule has 1 saturated heterocycles. The number of nitrogens with one attached hydrogen (secondary N) is 1. The van der Waals surface area contributed by atoms with Crippen LogP contribution in [0.2, 0.25) is 0 Å². The second kappa shape index (κ2) is 7.40. The largest absolute Gasteiger partial charge is 0.469 e. The fraction of sp³-hybridized carbons (Fsp3) is 0.562. The first-order valence-corrected chi connectivity index (χ1v) is 8.94. The summed E-state index contributed by atoms with van der Waals surface area (Å²) in [4.78, 5) is 12.2. The van der Waals surface area contributed by atoms with Crippen molar-refractivity contribution in [1.82, 2.24) is 20.1 Å². The lowest BCUT2D eigenvalue weighted by Gasteiger charge is -2.14. The summed E-state index contributed by atoms with van der Waals surface area (Å²) in [6, 6.07) is 1.87. The van der Waals surface area contributed by atoms with Crippen LogP contribution in [-0.2, 0) is 16.6 Å². The minimum atomic E-state index is -0.257. The Morgan fingerprint density at radius 3 is 3.04 bits per heavy atom. The molecular weight excluding hydrogens is 328 g/mol. The van der Waals surface area contributed by atoms with Gasteiger partial charge < -0.3 is 19.0 Å². The number of rotatable bonds is 6. The summed E-state index contributed by atoms with van der Waals surface area (Å²) in [5.74, 6) is 1.51. The van der Waals surface area contributed by atoms with E-state index in [1.54, 1.807) is 6.26 Å². The number of ether oxygens (including phenoxy) is 1. The van der Waals surface area contributed by atoms with E-state index in [0.29, 0.717) is 11.7 Å². The Morgan fingerprint density at radius 1 is 1.54 bits per heavy atom. The van der Waals surface area contributed by atoms with Crippen LogP contribution >= 0.6 is 11.8 Å². The molecule has 2 aromatic heterocycles. The van der Waals surface area contributed by atoms with Crippen LogP contribution in [0.15, 0.2) is 21.9 Å². The highest BCUT2D eigenvalue weighted by atomic mass is 32.2. The van der Waals surface area contributed by atoms with Gasteiger partial charge in [0.1, 0.15) is 5.76 Å². The summed E-state index contributed by atoms with van der Waals surface area (Å²) in [5, 5.41) is 11.8. The minimum Gasteiger partial charge on any atom is -0.469 e. The Labute approximate surface area is 145 Å². The van der Waals surface area contributed by atoms with E-state index in [4.69, 9.17) is 9.15 Å². The highest BCUT2D eigenvalue weighted by Crippen LogP contribution is 2.27. The molecule has 0 bridgehead atoms. The Hall–Kier alpha value is -1.80. The Bertz CT molecular complexity index is 706. The minimum absolute atomic E-state index is 0.0143. The number of carbonyl (C=O) groups excluding carboxylic acids is 1. The van der Waals surface area contributed by atoms with E-state index in [-0.39, 0.29) is 17.3 Å². The first-order valence-electron chi connectivity index (χ1n) is 8.06. The maximum Gasteiger partial charge on any atom is 0.233 e. The van der Waals surface area contributed by atoms with Gasteiger partial charge in [-0.1, -0.05) is 11.8 Å². The van der Waals surface area contributed by atoms with E-state index < -0.39 is 0 Å². The van der Waals surface area contributed by atoms with Crippen molar-refractivity contribution < 1.29 is 13.9 Å². The van der Waals surface area contributed by atoms with E-state index in [9.17, 15) is 4.79 Å². The monoisotopic (exact) mass is 350 g/mol. The fourth-order valence-corrected chi connectivity index (χ4v) is 3.48. The summed E-state index contributed by atoms with van der Waals surface area (Å²) < 4.78 is 12.7. The van der Waals surface area contributed by atoms with E-state index in [0.717, 1.165) is 36.6 Å². The molecule has 1 fully saturated rings. The average molecular weight is 350 g/mol. The zero-order valence-electron chi connectivity index (χ0n) is 14.1. The van der Waals surface area contributed by atoms with Crippen molar-refractivity contribution in [3.05, 3.63) is 18.1 Å². The van der Waals surface area contributed by atoms with Gasteiger partial charge in [-0.25, -0.2) is 0 Å². The van der Waals surface area contributed by atoms with Gasteiger partial charge >= 0.3 is 0 Å². The van der Waals surface area contributed by atoms with Crippen LogP contribution in [0.5, 0.6) is 0 Å². The maximum absolute atomic E-state index is 12.2. The smallest absolute Gasteiger partial charge is 0.233 e. The van der Waals surface area contributed by atoms with Crippen molar-refractivity contribution in [3.8, 4) is 11.4 Å². The van der Waals surface area contributed by atoms with Crippen LogP contribution in [0.3, 0.4) is 0 Å². The summed E-state index contributed by atoms with van der Waals surface area (Å²) >= 11 is 1.39. The van der Waals surface area contributed by atoms with Gasteiger partial charge in [0.05, 0.1) is 23.2 Å². The van der Waals surface area contributed by atoms with Gasteiger partial charge in [0, 0.05) is 20.2 Å². The third kappa shape index (κ3) is 3.64. The summed E-state index contributed by atoms with van der Waals surface area (Å²) in [6.45, 7) is 5.12. The zero-order valence-corrected chi connectivity index (χ0v) is 14.9. The fourth-order valence-electron chi connectivity index (χ4n) is 2.64. The number of carbonyl (C=O) groups is 1. The number of nitrogens with zero attached hydrogens (tertiary/aromatic N) is 3. The summed E-state index contributed by atoms with van der Waals surface area (Å²) in [6.07, 6.45) is 3.86. The number of amides is 1. The van der Waals surface area contributed by atoms with Crippen molar-refractivity contribution in [2.45, 2.75) is 43.2 Å².